The highest BCUT2D eigenvalue weighted by Crippen LogP contribution is 2.40. The Morgan fingerprint density at radius 3 is 2.65 bits per heavy atom. The third-order valence-corrected chi connectivity index (χ3v) is 5.25. The maximum atomic E-state index is 14.8. The molecule has 2 heterocycles. The van der Waals surface area contributed by atoms with E-state index in [4.69, 9.17) is 9.47 Å². The summed E-state index contributed by atoms with van der Waals surface area (Å²) in [6, 6.07) is 1.53. The Labute approximate surface area is 153 Å². The number of fused-ring (bicyclic) bond motifs is 1. The highest BCUT2D eigenvalue weighted by Gasteiger charge is 2.25. The Morgan fingerprint density at radius 2 is 1.96 bits per heavy atom. The molecule has 0 aliphatic carbocycles. The topological polar surface area (TPSA) is 48.4 Å². The van der Waals surface area contributed by atoms with Gasteiger partial charge in [-0.1, -0.05) is 0 Å². The number of hydrogen-bond acceptors (Lipinski definition) is 4. The van der Waals surface area contributed by atoms with E-state index in [9.17, 15) is 9.18 Å². The first-order valence-electron chi connectivity index (χ1n) is 8.83. The number of nitrogens with zero attached hydrogens (tertiary/aromatic N) is 1. The average molecular weight is 357 g/mol. The van der Waals surface area contributed by atoms with E-state index in [0.717, 1.165) is 57.6 Å². The van der Waals surface area contributed by atoms with Crippen LogP contribution in [-0.4, -0.2) is 24.7 Å². The van der Waals surface area contributed by atoms with Crippen LogP contribution >= 0.6 is 0 Å². The summed E-state index contributed by atoms with van der Waals surface area (Å²) in [5.41, 5.74) is 6.99. The predicted octanol–water partition coefficient (Wildman–Crippen LogP) is 4.16. The number of pyridine rings is 1. The first-order valence-corrected chi connectivity index (χ1v) is 8.83. The lowest BCUT2D eigenvalue weighted by molar-refractivity contribution is -0.139. The van der Waals surface area contributed by atoms with E-state index in [1.807, 2.05) is 27.7 Å². The second-order valence-corrected chi connectivity index (χ2v) is 6.80. The van der Waals surface area contributed by atoms with Crippen LogP contribution in [0.1, 0.15) is 40.1 Å². The Hall–Kier alpha value is -2.43. The van der Waals surface area contributed by atoms with E-state index >= 15 is 0 Å². The molecule has 5 heteroatoms. The number of hydrogen-bond donors (Lipinski definition) is 0. The second-order valence-electron chi connectivity index (χ2n) is 6.80. The summed E-state index contributed by atoms with van der Waals surface area (Å²) in [5, 5.41) is 0. The molecule has 0 unspecified atom stereocenters. The fraction of sp³-hybridized carbons (Fsp3) is 0.429. The SMILES string of the molecule is COC(=O)Cc1c(C)nc(C)c(C)c1-c1cc(F)c2c(c1C)CCCO2. The van der Waals surface area contributed by atoms with Crippen molar-refractivity contribution in [3.8, 4) is 16.9 Å². The van der Waals surface area contributed by atoms with E-state index in [0.29, 0.717) is 12.4 Å². The third-order valence-electron chi connectivity index (χ3n) is 5.25. The quantitative estimate of drug-likeness (QED) is 0.774. The molecule has 1 aromatic heterocycles. The highest BCUT2D eigenvalue weighted by atomic mass is 19.1. The van der Waals surface area contributed by atoms with E-state index in [2.05, 4.69) is 4.98 Å². The minimum absolute atomic E-state index is 0.112. The van der Waals surface area contributed by atoms with Gasteiger partial charge in [-0.3, -0.25) is 9.78 Å². The number of esters is 1. The minimum Gasteiger partial charge on any atom is -0.490 e. The molecule has 0 N–H and O–H groups in total. The molecule has 0 atom stereocenters. The number of benzene rings is 1. The maximum Gasteiger partial charge on any atom is 0.310 e. The van der Waals surface area contributed by atoms with Gasteiger partial charge in [-0.05, 0) is 74.4 Å². The van der Waals surface area contributed by atoms with E-state index in [1.54, 1.807) is 0 Å². The summed E-state index contributed by atoms with van der Waals surface area (Å²) >= 11 is 0. The molecule has 0 saturated carbocycles. The lowest BCUT2D eigenvalue weighted by Gasteiger charge is -2.24. The highest BCUT2D eigenvalue weighted by molar-refractivity contribution is 5.82. The number of aryl methyl sites for hydroxylation is 2. The van der Waals surface area contributed by atoms with Gasteiger partial charge >= 0.3 is 5.97 Å². The molecule has 0 fully saturated rings. The summed E-state index contributed by atoms with van der Waals surface area (Å²) in [6.07, 6.45) is 1.78. The number of halogens is 1. The predicted molar refractivity (Wildman–Crippen MR) is 98.1 cm³/mol. The number of carbonyl (C=O) groups is 1. The molecule has 0 amide bonds. The normalized spacial score (nSPS) is 13.2. The van der Waals surface area contributed by atoms with Crippen LogP contribution < -0.4 is 4.74 Å². The van der Waals surface area contributed by atoms with E-state index < -0.39 is 0 Å². The van der Waals surface area contributed by atoms with Gasteiger partial charge in [0, 0.05) is 17.0 Å². The fourth-order valence-corrected chi connectivity index (χ4v) is 3.71. The van der Waals surface area contributed by atoms with Crippen LogP contribution in [0.25, 0.3) is 11.1 Å². The van der Waals surface area contributed by atoms with Gasteiger partial charge in [0.25, 0.3) is 0 Å². The number of aromatic nitrogens is 1. The third kappa shape index (κ3) is 3.06. The van der Waals surface area contributed by atoms with Crippen molar-refractivity contribution in [3.63, 3.8) is 0 Å². The first kappa shape index (κ1) is 18.4. The van der Waals surface area contributed by atoms with E-state index in [1.165, 1.54) is 13.2 Å². The van der Waals surface area contributed by atoms with Crippen LogP contribution in [-0.2, 0) is 22.4 Å². The van der Waals surface area contributed by atoms with Gasteiger partial charge in [0.15, 0.2) is 11.6 Å². The zero-order valence-corrected chi connectivity index (χ0v) is 16.0. The van der Waals surface area contributed by atoms with Crippen molar-refractivity contribution in [1.29, 1.82) is 0 Å². The van der Waals surface area contributed by atoms with E-state index in [-0.39, 0.29) is 18.2 Å². The molecule has 1 aliphatic heterocycles. The smallest absolute Gasteiger partial charge is 0.310 e. The van der Waals surface area contributed by atoms with Crippen molar-refractivity contribution in [3.05, 3.63) is 45.5 Å². The lowest BCUT2D eigenvalue weighted by atomic mass is 9.86. The van der Waals surface area contributed by atoms with Crippen LogP contribution in [0.15, 0.2) is 6.07 Å². The summed E-state index contributed by atoms with van der Waals surface area (Å²) < 4.78 is 25.2. The van der Waals surface area contributed by atoms with Crippen molar-refractivity contribution in [2.75, 3.05) is 13.7 Å². The molecule has 2 aromatic rings. The molecule has 26 heavy (non-hydrogen) atoms. The summed E-state index contributed by atoms with van der Waals surface area (Å²) in [7, 11) is 1.37. The van der Waals surface area contributed by atoms with Crippen molar-refractivity contribution < 1.29 is 18.7 Å². The van der Waals surface area contributed by atoms with Gasteiger partial charge in [0.05, 0.1) is 20.1 Å². The standard InChI is InChI=1S/C21H24FNO3/c1-11-13(3)23-14(4)17(10-19(24)25-5)20(11)16-9-18(22)21-15(12(16)2)7-6-8-26-21/h9H,6-8,10H2,1-5H3. The summed E-state index contributed by atoms with van der Waals surface area (Å²) in [6.45, 7) is 8.31. The van der Waals surface area contributed by atoms with Gasteiger partial charge in [-0.25, -0.2) is 4.39 Å². The zero-order chi connectivity index (χ0) is 19.0. The zero-order valence-electron chi connectivity index (χ0n) is 16.0. The van der Waals surface area contributed by atoms with Gasteiger partial charge in [-0.2, -0.15) is 0 Å². The Bertz CT molecular complexity index is 890. The summed E-state index contributed by atoms with van der Waals surface area (Å²) in [5.74, 6) is -0.318. The summed E-state index contributed by atoms with van der Waals surface area (Å²) in [4.78, 5) is 16.5. The molecule has 1 aliphatic rings. The van der Waals surface area contributed by atoms with Crippen LogP contribution in [0.3, 0.4) is 0 Å². The van der Waals surface area contributed by atoms with Crippen LogP contribution in [0.5, 0.6) is 5.75 Å². The number of rotatable bonds is 3. The van der Waals surface area contributed by atoms with Crippen molar-refractivity contribution in [2.24, 2.45) is 0 Å². The first-order chi connectivity index (χ1) is 12.3. The molecule has 1 aromatic carbocycles. The number of methoxy groups -OCH3 is 1. The molecule has 0 bridgehead atoms. The molecule has 138 valence electrons. The van der Waals surface area contributed by atoms with Crippen LogP contribution in [0, 0.1) is 33.5 Å². The monoisotopic (exact) mass is 357 g/mol. The average Bonchev–Trinajstić information content (AvgIpc) is 2.63. The van der Waals surface area contributed by atoms with Crippen LogP contribution in [0.4, 0.5) is 4.39 Å². The number of carbonyl (C=O) groups excluding carboxylic acids is 1. The Kier molecular flexibility index (Phi) is 4.99. The fourth-order valence-electron chi connectivity index (χ4n) is 3.71. The van der Waals surface area contributed by atoms with Crippen molar-refractivity contribution in [2.45, 2.75) is 47.0 Å². The second kappa shape index (κ2) is 7.06. The minimum atomic E-state index is -0.351. The molecular formula is C21H24FNO3. The largest absolute Gasteiger partial charge is 0.490 e. The number of ether oxygens (including phenoxy) is 2. The van der Waals surface area contributed by atoms with Gasteiger partial charge in [0.2, 0.25) is 0 Å². The molecule has 0 radical (unpaired) electrons. The Balaban J connectivity index is 2.30. The van der Waals surface area contributed by atoms with Gasteiger partial charge in [0.1, 0.15) is 0 Å². The van der Waals surface area contributed by atoms with Gasteiger partial charge in [-0.15, -0.1) is 0 Å². The molecule has 3 rings (SSSR count). The van der Waals surface area contributed by atoms with Crippen molar-refractivity contribution >= 4 is 5.97 Å². The Morgan fingerprint density at radius 1 is 1.23 bits per heavy atom. The lowest BCUT2D eigenvalue weighted by Crippen LogP contribution is -2.14. The molecule has 4 nitrogen and oxygen atoms in total. The maximum absolute atomic E-state index is 14.8. The van der Waals surface area contributed by atoms with Gasteiger partial charge < -0.3 is 9.47 Å². The van der Waals surface area contributed by atoms with Crippen LogP contribution in [0.2, 0.25) is 0 Å². The van der Waals surface area contributed by atoms with Crippen molar-refractivity contribution in [1.82, 2.24) is 4.98 Å². The molecule has 0 saturated heterocycles. The molecule has 0 spiro atoms. The molecular weight excluding hydrogens is 333 g/mol.